The van der Waals surface area contributed by atoms with Crippen LogP contribution in [0.1, 0.15) is 28.4 Å². The molecule has 0 fully saturated rings. The molecule has 0 atom stereocenters. The standard InChI is InChI=1S/C16H18BrN3O/c1-4-11-7-5-6-10(2)14(11)20-16(21)13-8-12(17)9-19-15(13)18-3/h5-9H,4H2,1-3H3,(H,18,19)(H,20,21). The highest BCUT2D eigenvalue weighted by molar-refractivity contribution is 9.10. The average molecular weight is 348 g/mol. The minimum atomic E-state index is -0.169. The Bertz CT molecular complexity index is 671. The second-order valence-corrected chi connectivity index (χ2v) is 5.63. The van der Waals surface area contributed by atoms with Crippen molar-refractivity contribution >= 4 is 33.3 Å². The van der Waals surface area contributed by atoms with E-state index < -0.39 is 0 Å². The summed E-state index contributed by atoms with van der Waals surface area (Å²) in [6.07, 6.45) is 2.53. The number of halogens is 1. The van der Waals surface area contributed by atoms with Gasteiger partial charge in [-0.3, -0.25) is 4.79 Å². The first kappa shape index (κ1) is 15.5. The predicted octanol–water partition coefficient (Wildman–Crippen LogP) is 4.01. The minimum Gasteiger partial charge on any atom is -0.372 e. The van der Waals surface area contributed by atoms with E-state index in [1.54, 1.807) is 19.3 Å². The third kappa shape index (κ3) is 3.42. The van der Waals surface area contributed by atoms with Crippen LogP contribution in [-0.2, 0) is 6.42 Å². The van der Waals surface area contributed by atoms with Gasteiger partial charge in [0.05, 0.1) is 5.56 Å². The number of benzene rings is 1. The number of pyridine rings is 1. The lowest BCUT2D eigenvalue weighted by atomic mass is 10.1. The number of carbonyl (C=O) groups excluding carboxylic acids is 1. The number of anilines is 2. The van der Waals surface area contributed by atoms with E-state index in [2.05, 4.69) is 38.5 Å². The lowest BCUT2D eigenvalue weighted by molar-refractivity contribution is 0.102. The molecule has 2 N–H and O–H groups in total. The Balaban J connectivity index is 2.37. The average Bonchev–Trinajstić information content (AvgIpc) is 2.49. The first-order valence-electron chi connectivity index (χ1n) is 6.80. The van der Waals surface area contributed by atoms with E-state index >= 15 is 0 Å². The van der Waals surface area contributed by atoms with Gasteiger partial charge in [0.1, 0.15) is 5.82 Å². The lowest BCUT2D eigenvalue weighted by Crippen LogP contribution is -2.16. The molecule has 0 aliphatic carbocycles. The Morgan fingerprint density at radius 2 is 2.14 bits per heavy atom. The van der Waals surface area contributed by atoms with Crippen molar-refractivity contribution in [3.63, 3.8) is 0 Å². The molecular weight excluding hydrogens is 330 g/mol. The molecule has 4 nitrogen and oxygen atoms in total. The molecule has 0 spiro atoms. The van der Waals surface area contributed by atoms with Crippen LogP contribution >= 0.6 is 15.9 Å². The second kappa shape index (κ2) is 6.72. The van der Waals surface area contributed by atoms with Crippen molar-refractivity contribution in [1.29, 1.82) is 0 Å². The van der Waals surface area contributed by atoms with E-state index in [-0.39, 0.29) is 5.91 Å². The smallest absolute Gasteiger partial charge is 0.259 e. The Morgan fingerprint density at radius 1 is 1.38 bits per heavy atom. The first-order valence-corrected chi connectivity index (χ1v) is 7.59. The number of aryl methyl sites for hydroxylation is 2. The molecule has 0 saturated carbocycles. The molecule has 0 aliphatic rings. The summed E-state index contributed by atoms with van der Waals surface area (Å²) in [5.41, 5.74) is 3.57. The van der Waals surface area contributed by atoms with Crippen molar-refractivity contribution in [2.24, 2.45) is 0 Å². The van der Waals surface area contributed by atoms with Crippen LogP contribution in [0.3, 0.4) is 0 Å². The normalized spacial score (nSPS) is 10.3. The van der Waals surface area contributed by atoms with Crippen LogP contribution in [0.2, 0.25) is 0 Å². The molecule has 0 aliphatic heterocycles. The molecule has 2 rings (SSSR count). The summed E-state index contributed by atoms with van der Waals surface area (Å²) in [4.78, 5) is 16.8. The van der Waals surface area contributed by atoms with Crippen LogP contribution in [0.15, 0.2) is 34.9 Å². The molecule has 0 bridgehead atoms. The maximum Gasteiger partial charge on any atom is 0.259 e. The van der Waals surface area contributed by atoms with Gasteiger partial charge < -0.3 is 10.6 Å². The molecule has 110 valence electrons. The predicted molar refractivity (Wildman–Crippen MR) is 90.0 cm³/mol. The summed E-state index contributed by atoms with van der Waals surface area (Å²) in [5, 5.41) is 5.95. The van der Waals surface area contributed by atoms with Crippen molar-refractivity contribution in [3.8, 4) is 0 Å². The van der Waals surface area contributed by atoms with Gasteiger partial charge in [0.25, 0.3) is 5.91 Å². The lowest BCUT2D eigenvalue weighted by Gasteiger charge is -2.14. The van der Waals surface area contributed by atoms with E-state index in [1.807, 2.05) is 25.1 Å². The highest BCUT2D eigenvalue weighted by Crippen LogP contribution is 2.24. The summed E-state index contributed by atoms with van der Waals surface area (Å²) in [7, 11) is 1.75. The monoisotopic (exact) mass is 347 g/mol. The molecule has 1 amide bonds. The summed E-state index contributed by atoms with van der Waals surface area (Å²) in [5.74, 6) is 0.388. The maximum atomic E-state index is 12.6. The molecule has 0 radical (unpaired) electrons. The molecule has 1 aromatic heterocycles. The molecule has 0 saturated heterocycles. The Morgan fingerprint density at radius 3 is 2.81 bits per heavy atom. The summed E-state index contributed by atoms with van der Waals surface area (Å²) < 4.78 is 0.771. The molecular formula is C16H18BrN3O. The van der Waals surface area contributed by atoms with E-state index in [4.69, 9.17) is 0 Å². The van der Waals surface area contributed by atoms with Crippen LogP contribution in [0.5, 0.6) is 0 Å². The molecule has 21 heavy (non-hydrogen) atoms. The van der Waals surface area contributed by atoms with Gasteiger partial charge in [0.15, 0.2) is 0 Å². The number of rotatable bonds is 4. The Hall–Kier alpha value is -1.88. The highest BCUT2D eigenvalue weighted by Gasteiger charge is 2.15. The first-order chi connectivity index (χ1) is 10.1. The molecule has 2 aromatic rings. The van der Waals surface area contributed by atoms with Crippen molar-refractivity contribution in [2.75, 3.05) is 17.7 Å². The second-order valence-electron chi connectivity index (χ2n) is 4.72. The van der Waals surface area contributed by atoms with Gasteiger partial charge in [0.2, 0.25) is 0 Å². The van der Waals surface area contributed by atoms with Gasteiger partial charge in [-0.15, -0.1) is 0 Å². The minimum absolute atomic E-state index is 0.169. The zero-order valence-electron chi connectivity index (χ0n) is 12.3. The Labute approximate surface area is 133 Å². The fraction of sp³-hybridized carbons (Fsp3) is 0.250. The van der Waals surface area contributed by atoms with Crippen molar-refractivity contribution in [2.45, 2.75) is 20.3 Å². The van der Waals surface area contributed by atoms with E-state index in [1.165, 1.54) is 0 Å². The zero-order chi connectivity index (χ0) is 15.4. The zero-order valence-corrected chi connectivity index (χ0v) is 13.9. The number of hydrogen-bond donors (Lipinski definition) is 2. The van der Waals surface area contributed by atoms with Gasteiger partial charge in [-0.1, -0.05) is 25.1 Å². The van der Waals surface area contributed by atoms with Crippen molar-refractivity contribution in [1.82, 2.24) is 4.98 Å². The molecule has 5 heteroatoms. The van der Waals surface area contributed by atoms with E-state index in [0.717, 1.165) is 27.7 Å². The van der Waals surface area contributed by atoms with Gasteiger partial charge in [-0.05, 0) is 46.5 Å². The fourth-order valence-corrected chi connectivity index (χ4v) is 2.53. The van der Waals surface area contributed by atoms with Crippen LogP contribution in [0.4, 0.5) is 11.5 Å². The quantitative estimate of drug-likeness (QED) is 0.878. The number of para-hydroxylation sites is 1. The Kier molecular flexibility index (Phi) is 4.96. The van der Waals surface area contributed by atoms with Gasteiger partial charge in [0, 0.05) is 23.4 Å². The number of nitrogens with one attached hydrogen (secondary N) is 2. The van der Waals surface area contributed by atoms with E-state index in [0.29, 0.717) is 11.4 Å². The topological polar surface area (TPSA) is 54.0 Å². The van der Waals surface area contributed by atoms with Crippen LogP contribution in [0, 0.1) is 6.92 Å². The van der Waals surface area contributed by atoms with Crippen LogP contribution in [0.25, 0.3) is 0 Å². The number of hydrogen-bond acceptors (Lipinski definition) is 3. The summed E-state index contributed by atoms with van der Waals surface area (Å²) in [6, 6.07) is 7.79. The van der Waals surface area contributed by atoms with Gasteiger partial charge in [-0.2, -0.15) is 0 Å². The van der Waals surface area contributed by atoms with E-state index in [9.17, 15) is 4.79 Å². The third-order valence-electron chi connectivity index (χ3n) is 3.31. The molecule has 1 heterocycles. The number of aromatic nitrogens is 1. The molecule has 0 unspecified atom stereocenters. The maximum absolute atomic E-state index is 12.6. The number of amides is 1. The summed E-state index contributed by atoms with van der Waals surface area (Å²) >= 11 is 3.35. The largest absolute Gasteiger partial charge is 0.372 e. The van der Waals surface area contributed by atoms with Crippen molar-refractivity contribution < 1.29 is 4.79 Å². The van der Waals surface area contributed by atoms with Crippen LogP contribution < -0.4 is 10.6 Å². The van der Waals surface area contributed by atoms with Crippen molar-refractivity contribution in [3.05, 3.63) is 51.6 Å². The number of nitrogens with zero attached hydrogens (tertiary/aromatic N) is 1. The SMILES string of the molecule is CCc1cccc(C)c1NC(=O)c1cc(Br)cnc1NC. The highest BCUT2D eigenvalue weighted by atomic mass is 79.9. The van der Waals surface area contributed by atoms with Crippen LogP contribution in [-0.4, -0.2) is 17.9 Å². The third-order valence-corrected chi connectivity index (χ3v) is 3.75. The fourth-order valence-electron chi connectivity index (χ4n) is 2.19. The molecule has 1 aromatic carbocycles. The van der Waals surface area contributed by atoms with Gasteiger partial charge >= 0.3 is 0 Å². The summed E-state index contributed by atoms with van der Waals surface area (Å²) in [6.45, 7) is 4.07. The number of carbonyl (C=O) groups is 1. The van der Waals surface area contributed by atoms with Gasteiger partial charge in [-0.25, -0.2) is 4.98 Å².